The highest BCUT2D eigenvalue weighted by Gasteiger charge is 2.44. The monoisotopic (exact) mass is 684 g/mol. The zero-order valence-corrected chi connectivity index (χ0v) is 29.2. The van der Waals surface area contributed by atoms with Crippen LogP contribution in [0.1, 0.15) is 72.4 Å². The molecule has 2 aliphatic rings. The van der Waals surface area contributed by atoms with Crippen molar-refractivity contribution in [1.29, 1.82) is 0 Å². The highest BCUT2D eigenvalue weighted by atomic mass is 16.6. The number of amides is 2. The second-order valence-corrected chi connectivity index (χ2v) is 13.8. The smallest absolute Gasteiger partial charge is 0.411 e. The summed E-state index contributed by atoms with van der Waals surface area (Å²) in [5.41, 5.74) is 0.348. The van der Waals surface area contributed by atoms with E-state index in [-0.39, 0.29) is 39.1 Å². The molecule has 268 valence electrons. The molecule has 1 N–H and O–H groups in total. The number of hydrogen-bond acceptors (Lipinski definition) is 11. The van der Waals surface area contributed by atoms with Crippen LogP contribution >= 0.6 is 0 Å². The van der Waals surface area contributed by atoms with Gasteiger partial charge in [-0.15, -0.1) is 0 Å². The number of likely N-dealkylation sites (tertiary alicyclic amines) is 2. The molecule has 0 spiro atoms. The third kappa shape index (κ3) is 13.1. The molecule has 4 atom stereocenters. The van der Waals surface area contributed by atoms with Crippen molar-refractivity contribution in [3.8, 4) is 0 Å². The van der Waals surface area contributed by atoms with Gasteiger partial charge < -0.3 is 28.8 Å². The average Bonchev–Trinajstić information content (AvgIpc) is 3.62. The number of ether oxygens (including phenoxy) is 5. The predicted molar refractivity (Wildman–Crippen MR) is 177 cm³/mol. The lowest BCUT2D eigenvalue weighted by Gasteiger charge is -2.27. The Hall–Kier alpha value is -4.65. The van der Waals surface area contributed by atoms with Crippen molar-refractivity contribution in [2.24, 2.45) is 0 Å². The molecule has 2 aromatic rings. The standard InChI is InChI=1S/C19H25NO6.C17H23NO5/c1-13(21)25-15-10-16(20(11-15)18(23)26-19(2,3)4)17(22)24-12-14-8-6-5-7-9-14;1-17(2,3)23-16(21)18-10-13(19)9-14(18)15(20)22-11-12-7-5-4-6-8-12/h5-9,15-16H,10-12H2,1-4H3;4-8,13-14,19H,9-11H2,1-3H3/t15-,16+;13-,14+/m11/s1. The van der Waals surface area contributed by atoms with E-state index < -0.39 is 65.6 Å². The van der Waals surface area contributed by atoms with E-state index in [1.165, 1.54) is 16.7 Å². The number of aliphatic hydroxyl groups excluding tert-OH is 1. The van der Waals surface area contributed by atoms with Crippen molar-refractivity contribution in [1.82, 2.24) is 9.80 Å². The molecule has 2 aliphatic heterocycles. The minimum absolute atomic E-state index is 0.0695. The molecule has 13 heteroatoms. The third-order valence-corrected chi connectivity index (χ3v) is 7.12. The highest BCUT2D eigenvalue weighted by Crippen LogP contribution is 2.25. The SMILES string of the molecule is CC(=O)O[C@@H]1C[C@@H](C(=O)OCc2ccccc2)N(C(=O)OC(C)(C)C)C1.CC(C)(C)OC(=O)N1C[C@H](O)C[C@H]1C(=O)OCc1ccccc1. The van der Waals surface area contributed by atoms with Crippen LogP contribution in [0, 0.1) is 0 Å². The van der Waals surface area contributed by atoms with Gasteiger partial charge in [0.25, 0.3) is 0 Å². The Balaban J connectivity index is 0.000000267. The number of benzene rings is 2. The molecule has 49 heavy (non-hydrogen) atoms. The van der Waals surface area contributed by atoms with Crippen LogP contribution in [0.25, 0.3) is 0 Å². The van der Waals surface area contributed by atoms with Crippen molar-refractivity contribution in [3.05, 3.63) is 71.8 Å². The predicted octanol–water partition coefficient (Wildman–Crippen LogP) is 4.77. The van der Waals surface area contributed by atoms with Crippen LogP contribution in [0.15, 0.2) is 60.7 Å². The summed E-state index contributed by atoms with van der Waals surface area (Å²) in [6.45, 7) is 12.2. The Labute approximate surface area is 287 Å². The number of aliphatic hydroxyl groups is 1. The number of carbonyl (C=O) groups is 5. The topological polar surface area (TPSA) is 158 Å². The van der Waals surface area contributed by atoms with E-state index in [4.69, 9.17) is 23.7 Å². The van der Waals surface area contributed by atoms with Gasteiger partial charge in [0.2, 0.25) is 0 Å². The highest BCUT2D eigenvalue weighted by molar-refractivity contribution is 5.83. The van der Waals surface area contributed by atoms with Gasteiger partial charge in [0.05, 0.1) is 19.2 Å². The Morgan fingerprint density at radius 3 is 1.49 bits per heavy atom. The Morgan fingerprint density at radius 2 is 1.08 bits per heavy atom. The van der Waals surface area contributed by atoms with Gasteiger partial charge in [-0.25, -0.2) is 19.2 Å². The maximum absolute atomic E-state index is 12.5. The molecule has 4 rings (SSSR count). The van der Waals surface area contributed by atoms with Crippen molar-refractivity contribution in [3.63, 3.8) is 0 Å². The van der Waals surface area contributed by atoms with Crippen LogP contribution in [0.5, 0.6) is 0 Å². The van der Waals surface area contributed by atoms with E-state index in [2.05, 4.69) is 0 Å². The van der Waals surface area contributed by atoms with Crippen molar-refractivity contribution in [2.75, 3.05) is 13.1 Å². The second kappa shape index (κ2) is 17.1. The third-order valence-electron chi connectivity index (χ3n) is 7.12. The van der Waals surface area contributed by atoms with Gasteiger partial charge in [-0.3, -0.25) is 14.6 Å². The van der Waals surface area contributed by atoms with Gasteiger partial charge in [-0.1, -0.05) is 60.7 Å². The minimum Gasteiger partial charge on any atom is -0.461 e. The summed E-state index contributed by atoms with van der Waals surface area (Å²) in [6.07, 6.45) is -2.21. The lowest BCUT2D eigenvalue weighted by atomic mass is 10.2. The molecule has 2 heterocycles. The average molecular weight is 685 g/mol. The fourth-order valence-corrected chi connectivity index (χ4v) is 5.07. The molecular formula is C36H48N2O11. The zero-order valence-electron chi connectivity index (χ0n) is 29.2. The van der Waals surface area contributed by atoms with Crippen LogP contribution in [0.4, 0.5) is 9.59 Å². The first-order chi connectivity index (χ1) is 22.9. The van der Waals surface area contributed by atoms with Gasteiger partial charge in [0.1, 0.15) is 42.6 Å². The molecule has 0 unspecified atom stereocenters. The summed E-state index contributed by atoms with van der Waals surface area (Å²) in [5, 5.41) is 9.79. The Kier molecular flexibility index (Phi) is 13.6. The van der Waals surface area contributed by atoms with Crippen LogP contribution in [-0.4, -0.2) is 93.6 Å². The van der Waals surface area contributed by atoms with Crippen LogP contribution in [0.3, 0.4) is 0 Å². The first-order valence-corrected chi connectivity index (χ1v) is 16.2. The number of esters is 3. The Bertz CT molecular complexity index is 1420. The summed E-state index contributed by atoms with van der Waals surface area (Å²) in [7, 11) is 0. The van der Waals surface area contributed by atoms with Crippen LogP contribution in [0.2, 0.25) is 0 Å². The maximum atomic E-state index is 12.5. The van der Waals surface area contributed by atoms with E-state index in [0.717, 1.165) is 11.1 Å². The molecular weight excluding hydrogens is 636 g/mol. The van der Waals surface area contributed by atoms with Gasteiger partial charge >= 0.3 is 30.1 Å². The summed E-state index contributed by atoms with van der Waals surface area (Å²) in [6, 6.07) is 16.9. The molecule has 2 aromatic carbocycles. The van der Waals surface area contributed by atoms with Gasteiger partial charge in [-0.05, 0) is 52.7 Å². The van der Waals surface area contributed by atoms with Gasteiger partial charge in [0, 0.05) is 19.8 Å². The van der Waals surface area contributed by atoms with E-state index in [0.29, 0.717) is 0 Å². The summed E-state index contributed by atoms with van der Waals surface area (Å²) in [4.78, 5) is 63.1. The van der Waals surface area contributed by atoms with E-state index in [1.54, 1.807) is 41.5 Å². The molecule has 2 amide bonds. The van der Waals surface area contributed by atoms with Crippen LogP contribution < -0.4 is 0 Å². The number of β-amino-alcohol motifs (C(OH)–C–C–N with tert-alkyl or cyclic N) is 1. The van der Waals surface area contributed by atoms with Crippen molar-refractivity contribution < 1.29 is 52.8 Å². The van der Waals surface area contributed by atoms with E-state index in [9.17, 15) is 29.1 Å². The zero-order chi connectivity index (χ0) is 36.4. The molecule has 2 fully saturated rings. The molecule has 0 aromatic heterocycles. The number of carbonyl (C=O) groups excluding carboxylic acids is 5. The fourth-order valence-electron chi connectivity index (χ4n) is 5.07. The van der Waals surface area contributed by atoms with Crippen molar-refractivity contribution >= 4 is 30.1 Å². The van der Waals surface area contributed by atoms with Gasteiger partial charge in [0.15, 0.2) is 0 Å². The molecule has 0 aliphatic carbocycles. The van der Waals surface area contributed by atoms with Crippen LogP contribution in [-0.2, 0) is 51.3 Å². The maximum Gasteiger partial charge on any atom is 0.411 e. The fraction of sp³-hybridized carbons (Fsp3) is 0.528. The van der Waals surface area contributed by atoms with E-state index in [1.807, 2.05) is 60.7 Å². The largest absolute Gasteiger partial charge is 0.461 e. The lowest BCUT2D eigenvalue weighted by molar-refractivity contribution is -0.151. The molecule has 2 saturated heterocycles. The summed E-state index contributed by atoms with van der Waals surface area (Å²) >= 11 is 0. The number of rotatable bonds is 7. The lowest BCUT2D eigenvalue weighted by Crippen LogP contribution is -2.44. The number of hydrogen-bond donors (Lipinski definition) is 1. The number of nitrogens with zero attached hydrogens (tertiary/aromatic N) is 2. The molecule has 0 bridgehead atoms. The van der Waals surface area contributed by atoms with Gasteiger partial charge in [-0.2, -0.15) is 0 Å². The normalized spacial score (nSPS) is 20.4. The quantitative estimate of drug-likeness (QED) is 0.316. The summed E-state index contributed by atoms with van der Waals surface area (Å²) < 4.78 is 26.4. The molecule has 13 nitrogen and oxygen atoms in total. The summed E-state index contributed by atoms with van der Waals surface area (Å²) in [5.74, 6) is -1.54. The first-order valence-electron chi connectivity index (χ1n) is 16.2. The van der Waals surface area contributed by atoms with E-state index >= 15 is 0 Å². The minimum atomic E-state index is -0.849. The molecule has 0 saturated carbocycles. The second-order valence-electron chi connectivity index (χ2n) is 13.8. The molecule has 0 radical (unpaired) electrons. The Morgan fingerprint density at radius 1 is 0.673 bits per heavy atom. The van der Waals surface area contributed by atoms with Crippen molar-refractivity contribution in [2.45, 2.75) is 110 Å². The first kappa shape index (κ1) is 38.8.